The van der Waals surface area contributed by atoms with Crippen LogP contribution in [-0.4, -0.2) is 5.71 Å². The average molecular weight is 338 g/mol. The lowest BCUT2D eigenvalue weighted by Gasteiger charge is -2.20. The quantitative estimate of drug-likeness (QED) is 0.346. The molecule has 23 heavy (non-hydrogen) atoms. The van der Waals surface area contributed by atoms with Crippen LogP contribution in [0, 0.1) is 5.92 Å². The first kappa shape index (κ1) is 22.2. The molecule has 0 atom stereocenters. The number of hydrogen-bond acceptors (Lipinski definition) is 1. The average Bonchev–Trinajstić information content (AvgIpc) is 2.54. The van der Waals surface area contributed by atoms with Crippen molar-refractivity contribution in [2.24, 2.45) is 10.9 Å². The summed E-state index contributed by atoms with van der Waals surface area (Å²) in [7, 11) is 0. The minimum Gasteiger partial charge on any atom is -0.262 e. The first-order chi connectivity index (χ1) is 11.0. The zero-order chi connectivity index (χ0) is 17.7. The van der Waals surface area contributed by atoms with Crippen LogP contribution in [0.15, 0.2) is 40.0 Å². The monoisotopic (exact) mass is 337 g/mol. The van der Waals surface area contributed by atoms with Gasteiger partial charge in [-0.3, -0.25) is 4.99 Å². The van der Waals surface area contributed by atoms with Gasteiger partial charge in [-0.15, -0.1) is 0 Å². The summed E-state index contributed by atoms with van der Waals surface area (Å²) in [4.78, 5) is 4.16. The van der Waals surface area contributed by atoms with Crippen LogP contribution in [0.3, 0.4) is 0 Å². The summed E-state index contributed by atoms with van der Waals surface area (Å²) in [5.41, 5.74) is 3.18. The summed E-state index contributed by atoms with van der Waals surface area (Å²) >= 11 is 6.05. The molecule has 0 spiro atoms. The summed E-state index contributed by atoms with van der Waals surface area (Å²) in [6.07, 6.45) is 15.0. The molecule has 132 valence electrons. The fourth-order valence-corrected chi connectivity index (χ4v) is 3.57. The lowest BCUT2D eigenvalue weighted by Crippen LogP contribution is -2.04. The summed E-state index contributed by atoms with van der Waals surface area (Å²) in [6, 6.07) is 0. The first-order valence-electron chi connectivity index (χ1n) is 9.19. The smallest absolute Gasteiger partial charge is 0.0458 e. The number of allylic oxidation sites excluding steroid dienone is 4. The normalized spacial score (nSPS) is 18.0. The molecule has 0 unspecified atom stereocenters. The van der Waals surface area contributed by atoms with E-state index in [9.17, 15) is 0 Å². The van der Waals surface area contributed by atoms with Crippen molar-refractivity contribution >= 4 is 17.3 Å². The number of aliphatic imine (C=N–C) groups is 1. The van der Waals surface area contributed by atoms with Gasteiger partial charge in [0.2, 0.25) is 0 Å². The maximum Gasteiger partial charge on any atom is 0.0458 e. The largest absolute Gasteiger partial charge is 0.262 e. The van der Waals surface area contributed by atoms with Crippen molar-refractivity contribution < 1.29 is 0 Å². The van der Waals surface area contributed by atoms with Crippen LogP contribution in [0.1, 0.15) is 86.0 Å². The molecule has 0 aromatic heterocycles. The summed E-state index contributed by atoms with van der Waals surface area (Å²) in [6.45, 7) is 13.8. The highest BCUT2D eigenvalue weighted by Crippen LogP contribution is 2.26. The number of rotatable bonds is 6. The molecule has 0 aromatic rings. The molecule has 1 saturated carbocycles. The molecule has 0 heterocycles. The lowest BCUT2D eigenvalue weighted by molar-refractivity contribution is 0.336. The first-order valence-corrected chi connectivity index (χ1v) is 9.57. The highest BCUT2D eigenvalue weighted by Gasteiger charge is 2.11. The van der Waals surface area contributed by atoms with E-state index in [1.807, 2.05) is 20.8 Å². The van der Waals surface area contributed by atoms with E-state index in [-0.39, 0.29) is 0 Å². The molecule has 0 aliphatic heterocycles. The molecule has 0 radical (unpaired) electrons. The zero-order valence-corrected chi connectivity index (χ0v) is 16.7. The van der Waals surface area contributed by atoms with E-state index in [0.717, 1.165) is 28.7 Å². The van der Waals surface area contributed by atoms with Crippen LogP contribution in [-0.2, 0) is 0 Å². The second kappa shape index (κ2) is 13.6. The Balaban J connectivity index is 0.000000459. The van der Waals surface area contributed by atoms with E-state index in [2.05, 4.69) is 31.5 Å². The predicted octanol–water partition coefficient (Wildman–Crippen LogP) is 7.83. The second-order valence-electron chi connectivity index (χ2n) is 6.27. The molecule has 1 fully saturated rings. The molecule has 1 aliphatic carbocycles. The van der Waals surface area contributed by atoms with Crippen molar-refractivity contribution in [2.75, 3.05) is 0 Å². The third kappa shape index (κ3) is 9.15. The van der Waals surface area contributed by atoms with Crippen LogP contribution in [0.5, 0.6) is 0 Å². The van der Waals surface area contributed by atoms with E-state index in [1.54, 1.807) is 0 Å². The maximum atomic E-state index is 6.05. The van der Waals surface area contributed by atoms with Gasteiger partial charge >= 0.3 is 0 Å². The SMILES string of the molecule is C=CN=C(C)C(/C(=C\C)CC)=C(\C)Cl.CCCC1CCCCC1. The molecule has 0 bridgehead atoms. The standard InChI is InChI=1S/C12H18ClN.C9H18/c1-6-11(7-2)12(9(4)13)10(5)14-8-3;1-2-6-9-7-4-3-5-8-9/h6,8H,3,7H2,1-2,4-5H3;9H,2-8H2,1H3/b11-6-,12-9-,14-10?;. The topological polar surface area (TPSA) is 12.4 Å². The van der Waals surface area contributed by atoms with Gasteiger partial charge in [-0.1, -0.05) is 83.0 Å². The highest BCUT2D eigenvalue weighted by atomic mass is 35.5. The predicted molar refractivity (Wildman–Crippen MR) is 107 cm³/mol. The number of halogens is 1. The van der Waals surface area contributed by atoms with Crippen LogP contribution in [0.2, 0.25) is 0 Å². The zero-order valence-electron chi connectivity index (χ0n) is 15.9. The Labute approximate surface area is 149 Å². The minimum absolute atomic E-state index is 0.781. The van der Waals surface area contributed by atoms with Gasteiger partial charge in [0.05, 0.1) is 0 Å². The Morgan fingerprint density at radius 2 is 1.78 bits per heavy atom. The Kier molecular flexibility index (Phi) is 13.1. The summed E-state index contributed by atoms with van der Waals surface area (Å²) in [5.74, 6) is 1.10. The molecule has 0 aromatic carbocycles. The lowest BCUT2D eigenvalue weighted by atomic mass is 9.86. The van der Waals surface area contributed by atoms with Crippen molar-refractivity contribution in [3.63, 3.8) is 0 Å². The maximum absolute atomic E-state index is 6.05. The molecule has 1 rings (SSSR count). The van der Waals surface area contributed by atoms with Gasteiger partial charge in [0.25, 0.3) is 0 Å². The van der Waals surface area contributed by atoms with Gasteiger partial charge in [-0.25, -0.2) is 0 Å². The fraction of sp³-hybridized carbons (Fsp3) is 0.667. The van der Waals surface area contributed by atoms with E-state index >= 15 is 0 Å². The van der Waals surface area contributed by atoms with Crippen molar-refractivity contribution in [1.29, 1.82) is 0 Å². The molecule has 0 amide bonds. The van der Waals surface area contributed by atoms with Gasteiger partial charge in [0, 0.05) is 22.5 Å². The minimum atomic E-state index is 0.781. The van der Waals surface area contributed by atoms with Crippen LogP contribution < -0.4 is 0 Å². The van der Waals surface area contributed by atoms with Crippen molar-refractivity contribution in [2.45, 2.75) is 86.0 Å². The molecule has 1 nitrogen and oxygen atoms in total. The van der Waals surface area contributed by atoms with Crippen molar-refractivity contribution in [3.05, 3.63) is 35.0 Å². The fourth-order valence-electron chi connectivity index (χ4n) is 3.31. The molecule has 1 aliphatic rings. The van der Waals surface area contributed by atoms with Gasteiger partial charge in [-0.2, -0.15) is 0 Å². The van der Waals surface area contributed by atoms with Crippen LogP contribution in [0.4, 0.5) is 0 Å². The Morgan fingerprint density at radius 1 is 1.17 bits per heavy atom. The summed E-state index contributed by atoms with van der Waals surface area (Å²) < 4.78 is 0. The highest BCUT2D eigenvalue weighted by molar-refractivity contribution is 6.32. The van der Waals surface area contributed by atoms with E-state index in [0.29, 0.717) is 0 Å². The van der Waals surface area contributed by atoms with Crippen LogP contribution >= 0.6 is 11.6 Å². The number of hydrogen-bond donors (Lipinski definition) is 0. The van der Waals surface area contributed by atoms with Crippen molar-refractivity contribution in [1.82, 2.24) is 0 Å². The Hall–Kier alpha value is -0.820. The summed E-state index contributed by atoms with van der Waals surface area (Å²) in [5, 5.41) is 0.781. The number of nitrogens with zero attached hydrogens (tertiary/aromatic N) is 1. The second-order valence-corrected chi connectivity index (χ2v) is 6.83. The van der Waals surface area contributed by atoms with E-state index in [1.165, 1.54) is 56.7 Å². The van der Waals surface area contributed by atoms with Crippen LogP contribution in [0.25, 0.3) is 0 Å². The van der Waals surface area contributed by atoms with Gasteiger partial charge in [-0.05, 0) is 38.7 Å². The third-order valence-electron chi connectivity index (χ3n) is 4.46. The third-order valence-corrected chi connectivity index (χ3v) is 4.65. The van der Waals surface area contributed by atoms with Gasteiger partial charge < -0.3 is 0 Å². The van der Waals surface area contributed by atoms with E-state index in [4.69, 9.17) is 11.6 Å². The molecular formula is C21H36ClN. The van der Waals surface area contributed by atoms with Crippen molar-refractivity contribution in [3.8, 4) is 0 Å². The Bertz CT molecular complexity index is 412. The van der Waals surface area contributed by atoms with Gasteiger partial charge in [0.1, 0.15) is 0 Å². The molecule has 0 N–H and O–H groups in total. The Morgan fingerprint density at radius 3 is 2.17 bits per heavy atom. The molecule has 2 heteroatoms. The molecule has 0 saturated heterocycles. The van der Waals surface area contributed by atoms with E-state index < -0.39 is 0 Å². The van der Waals surface area contributed by atoms with Gasteiger partial charge in [0.15, 0.2) is 0 Å². The molecular weight excluding hydrogens is 302 g/mol.